The van der Waals surface area contributed by atoms with Gasteiger partial charge in [0.1, 0.15) is 5.82 Å². The van der Waals surface area contributed by atoms with E-state index in [2.05, 4.69) is 25.5 Å². The highest BCUT2D eigenvalue weighted by atomic mass is 32.1. The Bertz CT molecular complexity index is 1070. The molecule has 0 saturated carbocycles. The van der Waals surface area contributed by atoms with Gasteiger partial charge in [0.05, 0.1) is 0 Å². The summed E-state index contributed by atoms with van der Waals surface area (Å²) in [5.41, 5.74) is 1.07. The summed E-state index contributed by atoms with van der Waals surface area (Å²) in [5, 5.41) is 5.82. The lowest BCUT2D eigenvalue weighted by atomic mass is 10.2. The first-order chi connectivity index (χ1) is 15.9. The molecule has 1 saturated heterocycles. The van der Waals surface area contributed by atoms with Gasteiger partial charge < -0.3 is 20.4 Å². The average molecular weight is 473 g/mol. The van der Waals surface area contributed by atoms with Crippen LogP contribution in [0, 0.1) is 0 Å². The number of para-hydroxylation sites is 1. The summed E-state index contributed by atoms with van der Waals surface area (Å²) in [6.07, 6.45) is -4.60. The number of halogens is 3. The molecule has 1 aromatic heterocycles. The fraction of sp³-hybridized carbons (Fsp3) is 0.261. The molecule has 2 heterocycles. The molecule has 0 spiro atoms. The van der Waals surface area contributed by atoms with Crippen LogP contribution >= 0.6 is 12.2 Å². The Hall–Kier alpha value is -3.40. The van der Waals surface area contributed by atoms with Crippen molar-refractivity contribution >= 4 is 34.8 Å². The van der Waals surface area contributed by atoms with Gasteiger partial charge in [-0.15, -0.1) is 0 Å². The normalized spacial score (nSPS) is 14.2. The second-order valence-electron chi connectivity index (χ2n) is 7.54. The van der Waals surface area contributed by atoms with Crippen molar-refractivity contribution in [3.05, 3.63) is 78.0 Å². The fourth-order valence-corrected chi connectivity index (χ4v) is 3.72. The van der Waals surface area contributed by atoms with Crippen LogP contribution < -0.4 is 20.4 Å². The van der Waals surface area contributed by atoms with E-state index >= 15 is 0 Å². The standard InChI is InChI=1S/C23H23F3N6S/c24-23(25,26)19-15-20(32-13-11-31(12-14-32)18-9-5-2-6-10-18)29-21(28-19)30-22(33)27-16-17-7-3-1-4-8-17/h1-10,15H,11-14,16H2,(H2,27,28,29,30,33). The largest absolute Gasteiger partial charge is 0.433 e. The minimum Gasteiger partial charge on any atom is -0.368 e. The molecule has 0 bridgehead atoms. The molecule has 0 unspecified atom stereocenters. The summed E-state index contributed by atoms with van der Waals surface area (Å²) in [4.78, 5) is 12.0. The van der Waals surface area contributed by atoms with Crippen LogP contribution in [0.4, 0.5) is 30.6 Å². The van der Waals surface area contributed by atoms with E-state index in [0.717, 1.165) is 17.3 Å². The van der Waals surface area contributed by atoms with Crippen molar-refractivity contribution in [2.24, 2.45) is 0 Å². The molecule has 1 fully saturated rings. The van der Waals surface area contributed by atoms with E-state index < -0.39 is 11.9 Å². The molecule has 3 aromatic rings. The summed E-state index contributed by atoms with van der Waals surface area (Å²) in [6.45, 7) is 2.86. The van der Waals surface area contributed by atoms with Gasteiger partial charge in [0, 0.05) is 44.5 Å². The fourth-order valence-electron chi connectivity index (χ4n) is 3.55. The van der Waals surface area contributed by atoms with E-state index in [1.54, 1.807) is 0 Å². The van der Waals surface area contributed by atoms with Crippen molar-refractivity contribution in [2.45, 2.75) is 12.7 Å². The van der Waals surface area contributed by atoms with Crippen molar-refractivity contribution in [2.75, 3.05) is 41.3 Å². The quantitative estimate of drug-likeness (QED) is 0.537. The molecule has 0 aliphatic carbocycles. The Morgan fingerprint density at radius 2 is 1.48 bits per heavy atom. The second-order valence-corrected chi connectivity index (χ2v) is 7.94. The van der Waals surface area contributed by atoms with E-state index in [1.807, 2.05) is 65.6 Å². The van der Waals surface area contributed by atoms with Gasteiger partial charge in [0.2, 0.25) is 5.95 Å². The van der Waals surface area contributed by atoms with E-state index in [1.165, 1.54) is 0 Å². The molecule has 0 radical (unpaired) electrons. The third kappa shape index (κ3) is 6.10. The zero-order valence-electron chi connectivity index (χ0n) is 17.7. The van der Waals surface area contributed by atoms with Crippen LogP contribution in [0.5, 0.6) is 0 Å². The molecule has 0 atom stereocenters. The van der Waals surface area contributed by atoms with Crippen molar-refractivity contribution in [3.8, 4) is 0 Å². The minimum atomic E-state index is -4.60. The average Bonchev–Trinajstić information content (AvgIpc) is 2.83. The van der Waals surface area contributed by atoms with Crippen molar-refractivity contribution in [3.63, 3.8) is 0 Å². The lowest BCUT2D eigenvalue weighted by molar-refractivity contribution is -0.141. The number of piperazine rings is 1. The number of nitrogens with zero attached hydrogens (tertiary/aromatic N) is 4. The zero-order valence-corrected chi connectivity index (χ0v) is 18.5. The smallest absolute Gasteiger partial charge is 0.368 e. The molecule has 1 aliphatic heterocycles. The predicted molar refractivity (Wildman–Crippen MR) is 127 cm³/mol. The predicted octanol–water partition coefficient (Wildman–Crippen LogP) is 4.31. The number of aromatic nitrogens is 2. The van der Waals surface area contributed by atoms with E-state index in [-0.39, 0.29) is 16.9 Å². The molecule has 1 aliphatic rings. The molecule has 0 amide bonds. The van der Waals surface area contributed by atoms with Gasteiger partial charge >= 0.3 is 6.18 Å². The topological polar surface area (TPSA) is 56.3 Å². The molecule has 6 nitrogen and oxygen atoms in total. The summed E-state index contributed by atoms with van der Waals surface area (Å²) >= 11 is 5.24. The summed E-state index contributed by atoms with van der Waals surface area (Å²) in [6, 6.07) is 20.5. The maximum Gasteiger partial charge on any atom is 0.433 e. The zero-order chi connectivity index (χ0) is 23.3. The highest BCUT2D eigenvalue weighted by Crippen LogP contribution is 2.31. The van der Waals surface area contributed by atoms with Gasteiger partial charge in [-0.2, -0.15) is 18.2 Å². The molecule has 33 heavy (non-hydrogen) atoms. The van der Waals surface area contributed by atoms with Crippen LogP contribution in [0.2, 0.25) is 0 Å². The molecule has 172 valence electrons. The number of anilines is 3. The Morgan fingerprint density at radius 1 is 0.879 bits per heavy atom. The maximum absolute atomic E-state index is 13.5. The van der Waals surface area contributed by atoms with Crippen molar-refractivity contribution < 1.29 is 13.2 Å². The summed E-state index contributed by atoms with van der Waals surface area (Å²) < 4.78 is 40.5. The SMILES string of the molecule is FC(F)(F)c1cc(N2CCN(c3ccccc3)CC2)nc(NC(=S)NCc2ccccc2)n1. The Labute approximate surface area is 195 Å². The van der Waals surface area contributed by atoms with Crippen LogP contribution in [0.3, 0.4) is 0 Å². The Morgan fingerprint density at radius 3 is 2.12 bits per heavy atom. The number of thiocarbonyl (C=S) groups is 1. The first-order valence-corrected chi connectivity index (χ1v) is 10.9. The van der Waals surface area contributed by atoms with Crippen LogP contribution in [0.15, 0.2) is 66.7 Å². The van der Waals surface area contributed by atoms with E-state index in [9.17, 15) is 13.2 Å². The highest BCUT2D eigenvalue weighted by molar-refractivity contribution is 7.80. The lowest BCUT2D eigenvalue weighted by Crippen LogP contribution is -2.47. The van der Waals surface area contributed by atoms with E-state index in [4.69, 9.17) is 12.2 Å². The van der Waals surface area contributed by atoms with Crippen LogP contribution in [0.25, 0.3) is 0 Å². The first kappa shape index (κ1) is 22.8. The first-order valence-electron chi connectivity index (χ1n) is 10.5. The highest BCUT2D eigenvalue weighted by Gasteiger charge is 2.34. The second kappa shape index (κ2) is 10.0. The monoisotopic (exact) mass is 472 g/mol. The maximum atomic E-state index is 13.5. The van der Waals surface area contributed by atoms with Gasteiger partial charge in [-0.1, -0.05) is 48.5 Å². The Balaban J connectivity index is 1.45. The number of hydrogen-bond donors (Lipinski definition) is 2. The van der Waals surface area contributed by atoms with Gasteiger partial charge in [0.15, 0.2) is 10.8 Å². The third-order valence-corrected chi connectivity index (χ3v) is 5.50. The lowest BCUT2D eigenvalue weighted by Gasteiger charge is -2.37. The minimum absolute atomic E-state index is 0.151. The van der Waals surface area contributed by atoms with E-state index in [0.29, 0.717) is 32.7 Å². The molecule has 10 heteroatoms. The Kier molecular flexibility index (Phi) is 6.93. The summed E-state index contributed by atoms with van der Waals surface area (Å²) in [5.74, 6) is 0.0364. The van der Waals surface area contributed by atoms with Crippen molar-refractivity contribution in [1.29, 1.82) is 0 Å². The number of nitrogens with one attached hydrogen (secondary N) is 2. The van der Waals surface area contributed by atoms with Crippen LogP contribution in [-0.4, -0.2) is 41.3 Å². The van der Waals surface area contributed by atoms with Crippen molar-refractivity contribution in [1.82, 2.24) is 15.3 Å². The molecular weight excluding hydrogens is 449 g/mol. The van der Waals surface area contributed by atoms with Gasteiger partial charge in [0.25, 0.3) is 0 Å². The molecule has 4 rings (SSSR count). The van der Waals surface area contributed by atoms with Crippen LogP contribution in [0.1, 0.15) is 11.3 Å². The van der Waals surface area contributed by atoms with Gasteiger partial charge in [-0.3, -0.25) is 0 Å². The number of benzene rings is 2. The summed E-state index contributed by atoms with van der Waals surface area (Å²) in [7, 11) is 0. The number of alkyl halides is 3. The molecule has 2 aromatic carbocycles. The molecular formula is C23H23F3N6S. The van der Waals surface area contributed by atoms with Crippen LogP contribution in [-0.2, 0) is 12.7 Å². The van der Waals surface area contributed by atoms with Gasteiger partial charge in [-0.05, 0) is 29.9 Å². The number of hydrogen-bond acceptors (Lipinski definition) is 5. The third-order valence-electron chi connectivity index (χ3n) is 5.25. The molecule has 2 N–H and O–H groups in total. The van der Waals surface area contributed by atoms with Gasteiger partial charge in [-0.25, -0.2) is 4.98 Å². The number of rotatable bonds is 5.